The number of carbonyl (C=O) groups excluding carboxylic acids is 1. The maximum absolute atomic E-state index is 13.3. The third-order valence-corrected chi connectivity index (χ3v) is 8.80. The van der Waals surface area contributed by atoms with Crippen molar-refractivity contribution in [2.75, 3.05) is 44.2 Å². The van der Waals surface area contributed by atoms with E-state index in [1.165, 1.54) is 4.31 Å². The predicted molar refractivity (Wildman–Crippen MR) is 141 cm³/mol. The Balaban J connectivity index is 0.00000289. The fourth-order valence-corrected chi connectivity index (χ4v) is 6.50. The minimum absolute atomic E-state index is 0. The molecule has 3 aromatic rings. The van der Waals surface area contributed by atoms with Crippen molar-refractivity contribution in [1.82, 2.24) is 14.2 Å². The molecule has 2 saturated heterocycles. The Morgan fingerprint density at radius 3 is 2.49 bits per heavy atom. The summed E-state index contributed by atoms with van der Waals surface area (Å²) >= 11 is 6.03. The normalized spacial score (nSPS) is 19.6. The van der Waals surface area contributed by atoms with Gasteiger partial charge in [0.2, 0.25) is 15.9 Å². The number of benzene rings is 2. The van der Waals surface area contributed by atoms with Gasteiger partial charge in [0, 0.05) is 55.8 Å². The number of nitrogens with zero attached hydrogens (tertiary/aromatic N) is 4. The zero-order valence-corrected chi connectivity index (χ0v) is 21.6. The molecule has 5 rings (SSSR count). The minimum atomic E-state index is -3.76. The number of aromatic nitrogens is 1. The van der Waals surface area contributed by atoms with Gasteiger partial charge in [-0.05, 0) is 65.9 Å². The number of rotatable bonds is 5. The van der Waals surface area contributed by atoms with Crippen LogP contribution in [0, 0.1) is 5.92 Å². The number of halogens is 2. The summed E-state index contributed by atoms with van der Waals surface area (Å²) in [5, 5.41) is 2.28. The molecule has 1 amide bonds. The largest absolute Gasteiger partial charge is 0.371 e. The first-order chi connectivity index (χ1) is 16.4. The summed E-state index contributed by atoms with van der Waals surface area (Å²) in [6.07, 6.45) is 5.73. The van der Waals surface area contributed by atoms with Crippen molar-refractivity contribution in [3.05, 3.63) is 65.9 Å². The van der Waals surface area contributed by atoms with Gasteiger partial charge in [-0.2, -0.15) is 4.31 Å². The fraction of sp³-hybridized carbons (Fsp3) is 0.360. The van der Waals surface area contributed by atoms with Crippen LogP contribution in [0.4, 0.5) is 5.69 Å². The maximum atomic E-state index is 13.3. The van der Waals surface area contributed by atoms with E-state index in [9.17, 15) is 13.2 Å². The number of amides is 1. The molecule has 0 bridgehead atoms. The highest BCUT2D eigenvalue weighted by Gasteiger charge is 2.34. The molecule has 10 heteroatoms. The van der Waals surface area contributed by atoms with Crippen LogP contribution in [-0.2, 0) is 14.8 Å². The van der Waals surface area contributed by atoms with Crippen molar-refractivity contribution in [3.8, 4) is 0 Å². The second-order valence-corrected chi connectivity index (χ2v) is 11.4. The topological polar surface area (TPSA) is 73.8 Å². The number of carbonyl (C=O) groups is 1. The molecule has 0 spiro atoms. The highest BCUT2D eigenvalue weighted by atomic mass is 35.5. The van der Waals surface area contributed by atoms with Gasteiger partial charge in [-0.15, -0.1) is 12.4 Å². The summed E-state index contributed by atoms with van der Waals surface area (Å²) in [5.74, 6) is 0.227. The Bertz CT molecular complexity index is 1310. The Kier molecular flexibility index (Phi) is 7.86. The van der Waals surface area contributed by atoms with Gasteiger partial charge in [0.25, 0.3) is 0 Å². The molecular formula is C25H28Cl2N4O3S. The van der Waals surface area contributed by atoms with E-state index in [4.69, 9.17) is 11.6 Å². The number of pyridine rings is 1. The number of sulfonamides is 1. The zero-order valence-electron chi connectivity index (χ0n) is 19.2. The van der Waals surface area contributed by atoms with Crippen molar-refractivity contribution < 1.29 is 13.2 Å². The third-order valence-electron chi connectivity index (χ3n) is 6.72. The van der Waals surface area contributed by atoms with E-state index in [1.807, 2.05) is 17.0 Å². The summed E-state index contributed by atoms with van der Waals surface area (Å²) in [4.78, 5) is 21.4. The van der Waals surface area contributed by atoms with E-state index in [1.54, 1.807) is 48.8 Å². The quantitative estimate of drug-likeness (QED) is 0.493. The molecule has 2 aromatic carbocycles. The summed E-state index contributed by atoms with van der Waals surface area (Å²) in [6.45, 7) is 3.13. The Morgan fingerprint density at radius 1 is 0.971 bits per heavy atom. The average Bonchev–Trinajstić information content (AvgIpc) is 2.85. The highest BCUT2D eigenvalue weighted by Crippen LogP contribution is 2.27. The van der Waals surface area contributed by atoms with Crippen molar-refractivity contribution in [1.29, 1.82) is 0 Å². The van der Waals surface area contributed by atoms with Crippen molar-refractivity contribution in [2.45, 2.75) is 17.7 Å². The van der Waals surface area contributed by atoms with Crippen LogP contribution in [0.1, 0.15) is 12.8 Å². The van der Waals surface area contributed by atoms with E-state index in [0.717, 1.165) is 42.4 Å². The number of hydrogen-bond donors (Lipinski definition) is 0. The van der Waals surface area contributed by atoms with Crippen LogP contribution < -0.4 is 4.90 Å². The van der Waals surface area contributed by atoms with Gasteiger partial charge in [-0.1, -0.05) is 23.7 Å². The standard InChI is InChI=1S/C25H27ClN4O3S.ClH/c26-22-5-3-21-15-24(6-4-20(21)14-22)34(32,33)30-13-12-29(25(31)18-30)17-19-2-1-11-28(16-19)23-7-9-27-10-8-23;/h3-10,14-15,19H,1-2,11-13,16-18H2;1H. The molecule has 3 heterocycles. The first kappa shape index (κ1) is 25.7. The Hall–Kier alpha value is -2.39. The van der Waals surface area contributed by atoms with E-state index in [-0.39, 0.29) is 29.8 Å². The van der Waals surface area contributed by atoms with Crippen molar-refractivity contribution >= 4 is 56.4 Å². The molecular weight excluding hydrogens is 507 g/mol. The van der Waals surface area contributed by atoms with Gasteiger partial charge in [0.1, 0.15) is 0 Å². The van der Waals surface area contributed by atoms with Gasteiger partial charge >= 0.3 is 0 Å². The third kappa shape index (κ3) is 5.56. The van der Waals surface area contributed by atoms with Crippen LogP contribution >= 0.6 is 24.0 Å². The lowest BCUT2D eigenvalue weighted by atomic mass is 9.96. The molecule has 186 valence electrons. The van der Waals surface area contributed by atoms with Crippen LogP contribution in [-0.4, -0.2) is 67.8 Å². The highest BCUT2D eigenvalue weighted by molar-refractivity contribution is 7.89. The lowest BCUT2D eigenvalue weighted by molar-refractivity contribution is -0.134. The SMILES string of the molecule is Cl.O=C1CN(S(=O)(=O)c2ccc3cc(Cl)ccc3c2)CCN1CC1CCCN(c2ccncc2)C1. The number of piperidine rings is 1. The Labute approximate surface area is 217 Å². The maximum Gasteiger partial charge on any atom is 0.243 e. The molecule has 35 heavy (non-hydrogen) atoms. The lowest BCUT2D eigenvalue weighted by Crippen LogP contribution is -2.54. The number of anilines is 1. The molecule has 0 aliphatic carbocycles. The molecule has 1 unspecified atom stereocenters. The van der Waals surface area contributed by atoms with Crippen molar-refractivity contribution in [3.63, 3.8) is 0 Å². The van der Waals surface area contributed by atoms with Crippen LogP contribution in [0.2, 0.25) is 5.02 Å². The summed E-state index contributed by atoms with van der Waals surface area (Å²) in [5.41, 5.74) is 1.15. The smallest absolute Gasteiger partial charge is 0.243 e. The molecule has 0 N–H and O–H groups in total. The number of hydrogen-bond acceptors (Lipinski definition) is 5. The number of piperazine rings is 1. The van der Waals surface area contributed by atoms with Crippen LogP contribution in [0.25, 0.3) is 10.8 Å². The fourth-order valence-electron chi connectivity index (χ4n) is 4.90. The first-order valence-electron chi connectivity index (χ1n) is 11.5. The average molecular weight is 535 g/mol. The van der Waals surface area contributed by atoms with Gasteiger partial charge in [0.15, 0.2) is 0 Å². The predicted octanol–water partition coefficient (Wildman–Crippen LogP) is 4.06. The zero-order chi connectivity index (χ0) is 23.7. The van der Waals surface area contributed by atoms with E-state index in [2.05, 4.69) is 9.88 Å². The molecule has 2 aliphatic rings. The van der Waals surface area contributed by atoms with Gasteiger partial charge in [0.05, 0.1) is 11.4 Å². The van der Waals surface area contributed by atoms with E-state index in [0.29, 0.717) is 30.6 Å². The minimum Gasteiger partial charge on any atom is -0.371 e. The summed E-state index contributed by atoms with van der Waals surface area (Å²) in [7, 11) is -3.76. The van der Waals surface area contributed by atoms with Crippen molar-refractivity contribution in [2.24, 2.45) is 5.92 Å². The van der Waals surface area contributed by atoms with Gasteiger partial charge in [-0.3, -0.25) is 9.78 Å². The molecule has 0 saturated carbocycles. The van der Waals surface area contributed by atoms with Gasteiger partial charge in [-0.25, -0.2) is 8.42 Å². The van der Waals surface area contributed by atoms with E-state index >= 15 is 0 Å². The molecule has 0 radical (unpaired) electrons. The lowest BCUT2D eigenvalue weighted by Gasteiger charge is -2.39. The monoisotopic (exact) mass is 534 g/mol. The second kappa shape index (κ2) is 10.7. The van der Waals surface area contributed by atoms with Crippen LogP contribution in [0.5, 0.6) is 0 Å². The molecule has 1 atom stereocenters. The first-order valence-corrected chi connectivity index (χ1v) is 13.3. The molecule has 2 aliphatic heterocycles. The second-order valence-electron chi connectivity index (χ2n) is 8.99. The summed E-state index contributed by atoms with van der Waals surface area (Å²) in [6, 6.07) is 14.4. The Morgan fingerprint density at radius 2 is 1.71 bits per heavy atom. The van der Waals surface area contributed by atoms with Crippen LogP contribution in [0.15, 0.2) is 65.8 Å². The van der Waals surface area contributed by atoms with Crippen LogP contribution in [0.3, 0.4) is 0 Å². The molecule has 2 fully saturated rings. The summed E-state index contributed by atoms with van der Waals surface area (Å²) < 4.78 is 27.8. The molecule has 7 nitrogen and oxygen atoms in total. The van der Waals surface area contributed by atoms with E-state index < -0.39 is 10.0 Å². The number of fused-ring (bicyclic) bond motifs is 1. The molecule has 1 aromatic heterocycles. The van der Waals surface area contributed by atoms with Gasteiger partial charge < -0.3 is 9.80 Å².